The maximum atomic E-state index is 11.4. The maximum absolute atomic E-state index is 11.4. The highest BCUT2D eigenvalue weighted by Crippen LogP contribution is 2.21. The first-order valence-corrected chi connectivity index (χ1v) is 4.54. The highest BCUT2D eigenvalue weighted by atomic mass is 16.3. The van der Waals surface area contributed by atoms with Crippen molar-refractivity contribution in [2.75, 3.05) is 11.4 Å². The van der Waals surface area contributed by atoms with Crippen molar-refractivity contribution in [3.05, 3.63) is 24.0 Å². The quantitative estimate of drug-likeness (QED) is 0.699. The summed E-state index contributed by atoms with van der Waals surface area (Å²) in [5, 5.41) is 18.0. The Hall–Kier alpha value is -1.93. The van der Waals surface area contributed by atoms with Crippen molar-refractivity contribution in [2.45, 2.75) is 12.5 Å². The number of amides is 1. The minimum absolute atomic E-state index is 0.136. The first kappa shape index (κ1) is 9.62. The lowest BCUT2D eigenvalue weighted by molar-refractivity contribution is -0.117. The Balaban J connectivity index is 2.30. The molecule has 0 bridgehead atoms. The molecule has 1 saturated heterocycles. The summed E-state index contributed by atoms with van der Waals surface area (Å²) in [5.74, 6) is -0.139. The minimum atomic E-state index is -0.622. The van der Waals surface area contributed by atoms with Crippen LogP contribution in [0.15, 0.2) is 18.5 Å². The lowest BCUT2D eigenvalue weighted by Gasteiger charge is -2.14. The van der Waals surface area contributed by atoms with Gasteiger partial charge in [0.2, 0.25) is 5.91 Å². The zero-order valence-corrected chi connectivity index (χ0v) is 7.92. The number of carbonyl (C=O) groups excluding carboxylic acids is 1. The maximum Gasteiger partial charge on any atom is 0.229 e. The van der Waals surface area contributed by atoms with Gasteiger partial charge in [0, 0.05) is 6.20 Å². The fourth-order valence-corrected chi connectivity index (χ4v) is 1.57. The molecule has 0 aliphatic carbocycles. The molecule has 2 heterocycles. The summed E-state index contributed by atoms with van der Waals surface area (Å²) < 4.78 is 0. The number of hydrogen-bond acceptors (Lipinski definition) is 4. The van der Waals surface area contributed by atoms with E-state index in [2.05, 4.69) is 4.98 Å². The number of anilines is 1. The van der Waals surface area contributed by atoms with Crippen LogP contribution in [-0.2, 0) is 4.79 Å². The van der Waals surface area contributed by atoms with Crippen LogP contribution in [0.25, 0.3) is 0 Å². The first-order valence-electron chi connectivity index (χ1n) is 4.54. The number of carbonyl (C=O) groups is 1. The van der Waals surface area contributed by atoms with Gasteiger partial charge in [-0.2, -0.15) is 5.26 Å². The summed E-state index contributed by atoms with van der Waals surface area (Å²) in [5.41, 5.74) is 0.970. The fourth-order valence-electron chi connectivity index (χ4n) is 1.57. The Labute approximate surface area is 86.6 Å². The molecule has 1 aliphatic rings. The summed E-state index contributed by atoms with van der Waals surface area (Å²) >= 11 is 0. The highest BCUT2D eigenvalue weighted by molar-refractivity contribution is 5.96. The molecule has 5 nitrogen and oxygen atoms in total. The number of hydrogen-bond donors (Lipinski definition) is 1. The Kier molecular flexibility index (Phi) is 2.35. The van der Waals surface area contributed by atoms with Gasteiger partial charge < -0.3 is 10.0 Å². The van der Waals surface area contributed by atoms with Gasteiger partial charge in [-0.3, -0.25) is 9.78 Å². The van der Waals surface area contributed by atoms with Crippen molar-refractivity contribution in [2.24, 2.45) is 0 Å². The van der Waals surface area contributed by atoms with Crippen LogP contribution in [0, 0.1) is 11.3 Å². The van der Waals surface area contributed by atoms with E-state index < -0.39 is 6.10 Å². The standard InChI is InChI=1S/C10H9N3O2/c11-3-7-1-8(5-12-4-7)13-6-9(14)2-10(13)15/h1,4-5,9,14H,2,6H2. The van der Waals surface area contributed by atoms with Crippen LogP contribution in [0.2, 0.25) is 0 Å². The number of nitriles is 1. The molecule has 76 valence electrons. The minimum Gasteiger partial charge on any atom is -0.391 e. The van der Waals surface area contributed by atoms with Gasteiger partial charge in [0.15, 0.2) is 0 Å². The summed E-state index contributed by atoms with van der Waals surface area (Å²) in [4.78, 5) is 16.7. The van der Waals surface area contributed by atoms with Crippen LogP contribution >= 0.6 is 0 Å². The third kappa shape index (κ3) is 1.80. The van der Waals surface area contributed by atoms with Crippen molar-refractivity contribution < 1.29 is 9.90 Å². The van der Waals surface area contributed by atoms with E-state index in [9.17, 15) is 9.90 Å². The van der Waals surface area contributed by atoms with Gasteiger partial charge in [-0.15, -0.1) is 0 Å². The van der Waals surface area contributed by atoms with Gasteiger partial charge in [-0.05, 0) is 6.07 Å². The number of pyridine rings is 1. The van der Waals surface area contributed by atoms with Gasteiger partial charge >= 0.3 is 0 Å². The number of aliphatic hydroxyl groups excluding tert-OH is 1. The fraction of sp³-hybridized carbons (Fsp3) is 0.300. The lowest BCUT2D eigenvalue weighted by atomic mass is 10.3. The second kappa shape index (κ2) is 3.67. The second-order valence-electron chi connectivity index (χ2n) is 3.41. The van der Waals surface area contributed by atoms with E-state index in [1.54, 1.807) is 6.07 Å². The Morgan fingerprint density at radius 2 is 2.40 bits per heavy atom. The Morgan fingerprint density at radius 3 is 3.00 bits per heavy atom. The molecule has 2 rings (SSSR count). The summed E-state index contributed by atoms with van der Waals surface area (Å²) in [7, 11) is 0. The molecule has 1 unspecified atom stereocenters. The molecule has 1 amide bonds. The second-order valence-corrected chi connectivity index (χ2v) is 3.41. The molecule has 1 N–H and O–H groups in total. The molecule has 5 heteroatoms. The van der Waals surface area contributed by atoms with E-state index in [1.807, 2.05) is 6.07 Å². The zero-order valence-electron chi connectivity index (χ0n) is 7.92. The number of nitrogens with zero attached hydrogens (tertiary/aromatic N) is 3. The molecule has 15 heavy (non-hydrogen) atoms. The van der Waals surface area contributed by atoms with Crippen LogP contribution in [0.5, 0.6) is 0 Å². The Morgan fingerprint density at radius 1 is 1.60 bits per heavy atom. The first-order chi connectivity index (χ1) is 7.20. The average Bonchev–Trinajstić information content (AvgIpc) is 2.58. The molecule has 1 aromatic heterocycles. The molecule has 1 aromatic rings. The van der Waals surface area contributed by atoms with Gasteiger partial charge in [0.1, 0.15) is 6.07 Å². The largest absolute Gasteiger partial charge is 0.391 e. The molecule has 1 atom stereocenters. The van der Waals surface area contributed by atoms with E-state index in [0.29, 0.717) is 11.3 Å². The predicted molar refractivity (Wildman–Crippen MR) is 51.9 cm³/mol. The zero-order chi connectivity index (χ0) is 10.8. The van der Waals surface area contributed by atoms with Crippen molar-refractivity contribution in [3.63, 3.8) is 0 Å². The van der Waals surface area contributed by atoms with Crippen molar-refractivity contribution in [1.29, 1.82) is 5.26 Å². The number of rotatable bonds is 1. The van der Waals surface area contributed by atoms with Gasteiger partial charge in [-0.1, -0.05) is 0 Å². The summed E-state index contributed by atoms with van der Waals surface area (Å²) in [6, 6.07) is 3.54. The number of β-amino-alcohol motifs (C(OH)–C–C–N with tert-alkyl or cyclic N) is 1. The third-order valence-corrected chi connectivity index (χ3v) is 2.27. The molecular weight excluding hydrogens is 194 g/mol. The molecule has 1 aliphatic heterocycles. The predicted octanol–water partition coefficient (Wildman–Crippen LogP) is 0.0509. The van der Waals surface area contributed by atoms with E-state index in [1.165, 1.54) is 17.3 Å². The normalized spacial score (nSPS) is 20.4. The number of aliphatic hydroxyl groups is 1. The molecule has 0 spiro atoms. The van der Waals surface area contributed by atoms with Crippen LogP contribution in [0.4, 0.5) is 5.69 Å². The lowest BCUT2D eigenvalue weighted by Crippen LogP contribution is -2.25. The van der Waals surface area contributed by atoms with Gasteiger partial charge in [0.05, 0.1) is 36.5 Å². The summed E-state index contributed by atoms with van der Waals surface area (Å²) in [6.45, 7) is 0.273. The third-order valence-electron chi connectivity index (χ3n) is 2.27. The van der Waals surface area contributed by atoms with E-state index in [-0.39, 0.29) is 18.9 Å². The Bertz CT molecular complexity index is 439. The van der Waals surface area contributed by atoms with Crippen molar-refractivity contribution >= 4 is 11.6 Å². The van der Waals surface area contributed by atoms with Crippen molar-refractivity contribution in [3.8, 4) is 6.07 Å². The number of aromatic nitrogens is 1. The van der Waals surface area contributed by atoms with Crippen LogP contribution < -0.4 is 4.90 Å². The monoisotopic (exact) mass is 203 g/mol. The SMILES string of the molecule is N#Cc1cncc(N2CC(O)CC2=O)c1. The van der Waals surface area contributed by atoms with Crippen LogP contribution in [0.3, 0.4) is 0 Å². The van der Waals surface area contributed by atoms with E-state index in [0.717, 1.165) is 0 Å². The average molecular weight is 203 g/mol. The van der Waals surface area contributed by atoms with E-state index >= 15 is 0 Å². The molecule has 0 aromatic carbocycles. The molecular formula is C10H9N3O2. The van der Waals surface area contributed by atoms with E-state index in [4.69, 9.17) is 5.26 Å². The smallest absolute Gasteiger partial charge is 0.229 e. The van der Waals surface area contributed by atoms with Crippen molar-refractivity contribution in [1.82, 2.24) is 4.98 Å². The van der Waals surface area contributed by atoms with Crippen LogP contribution in [0.1, 0.15) is 12.0 Å². The van der Waals surface area contributed by atoms with Gasteiger partial charge in [-0.25, -0.2) is 0 Å². The summed E-state index contributed by atoms with van der Waals surface area (Å²) in [6.07, 6.45) is 2.46. The highest BCUT2D eigenvalue weighted by Gasteiger charge is 2.29. The van der Waals surface area contributed by atoms with Crippen LogP contribution in [-0.4, -0.2) is 28.6 Å². The molecule has 0 radical (unpaired) electrons. The topological polar surface area (TPSA) is 77.2 Å². The molecule has 1 fully saturated rings. The molecule has 0 saturated carbocycles. The van der Waals surface area contributed by atoms with Gasteiger partial charge in [0.25, 0.3) is 0 Å².